The van der Waals surface area contributed by atoms with E-state index in [4.69, 9.17) is 9.57 Å². The molecule has 0 aliphatic carbocycles. The van der Waals surface area contributed by atoms with Crippen LogP contribution in [-0.2, 0) is 11.9 Å². The van der Waals surface area contributed by atoms with Gasteiger partial charge in [-0.3, -0.25) is 0 Å². The molecule has 0 aliphatic rings. The maximum atomic E-state index is 12.9. The van der Waals surface area contributed by atoms with E-state index in [1.807, 2.05) is 0 Å². The van der Waals surface area contributed by atoms with Gasteiger partial charge in [0.05, 0.1) is 0 Å². The minimum Gasteiger partial charge on any atom is -0.471 e. The molecule has 0 radical (unpaired) electrons. The van der Waals surface area contributed by atoms with Crippen LogP contribution in [0.1, 0.15) is 17.7 Å². The molecule has 0 saturated heterocycles. The zero-order chi connectivity index (χ0) is 16.1. The Balaban J connectivity index is 2.13. The highest BCUT2D eigenvalue weighted by atomic mass is 19.3. The lowest BCUT2D eigenvalue weighted by atomic mass is 10.1. The molecular weight excluding hydrogens is 299 g/mol. The number of hydrogen-bond acceptors (Lipinski definition) is 4. The molecule has 2 aromatic rings. The number of oxime groups is 1. The Hall–Kier alpha value is -2.51. The second-order valence-electron chi connectivity index (χ2n) is 4.35. The Bertz CT molecular complexity index is 654. The molecule has 0 N–H and O–H groups in total. The molecule has 2 rings (SSSR count). The zero-order valence-electron chi connectivity index (χ0n) is 12.0. The van der Waals surface area contributed by atoms with Gasteiger partial charge in [0.2, 0.25) is 5.88 Å². The number of rotatable bonds is 6. The van der Waals surface area contributed by atoms with Crippen molar-refractivity contribution in [3.05, 3.63) is 47.4 Å². The molecule has 8 heteroatoms. The molecular formula is C14H14F3N3O2. The molecule has 1 aromatic heterocycles. The fourth-order valence-electron chi connectivity index (χ4n) is 1.77. The highest BCUT2D eigenvalue weighted by Gasteiger charge is 2.15. The summed E-state index contributed by atoms with van der Waals surface area (Å²) >= 11 is 0. The fraction of sp³-hybridized carbons (Fsp3) is 0.286. The number of nitrogens with zero attached hydrogens (tertiary/aromatic N) is 3. The lowest BCUT2D eigenvalue weighted by molar-refractivity contribution is 0.145. The number of aryl methyl sites for hydroxylation is 1. The van der Waals surface area contributed by atoms with Gasteiger partial charge in [-0.15, -0.1) is 0 Å². The molecule has 0 spiro atoms. The average Bonchev–Trinajstić information content (AvgIpc) is 2.86. The smallest absolute Gasteiger partial charge is 0.282 e. The summed E-state index contributed by atoms with van der Waals surface area (Å²) in [7, 11) is 2.86. The van der Waals surface area contributed by atoms with Crippen LogP contribution in [0.5, 0.6) is 5.88 Å². The van der Waals surface area contributed by atoms with Crippen molar-refractivity contribution in [2.75, 3.05) is 13.7 Å². The number of alkyl halides is 2. The van der Waals surface area contributed by atoms with Crippen molar-refractivity contribution in [2.45, 2.75) is 6.43 Å². The second kappa shape index (κ2) is 6.97. The van der Waals surface area contributed by atoms with Crippen LogP contribution in [0, 0.1) is 5.82 Å². The van der Waals surface area contributed by atoms with Crippen LogP contribution in [0.25, 0.3) is 0 Å². The molecule has 0 fully saturated rings. The Morgan fingerprint density at radius 1 is 1.32 bits per heavy atom. The number of halogens is 3. The molecule has 5 nitrogen and oxygen atoms in total. The van der Waals surface area contributed by atoms with Crippen molar-refractivity contribution >= 4 is 5.71 Å². The summed E-state index contributed by atoms with van der Waals surface area (Å²) in [6.45, 7) is -0.0400. The van der Waals surface area contributed by atoms with Crippen LogP contribution in [-0.4, -0.2) is 29.2 Å². The summed E-state index contributed by atoms with van der Waals surface area (Å²) in [5, 5.41) is 7.44. The highest BCUT2D eigenvalue weighted by molar-refractivity contribution is 6.01. The van der Waals surface area contributed by atoms with Crippen molar-refractivity contribution in [2.24, 2.45) is 12.2 Å². The Kier molecular flexibility index (Phi) is 5.03. The van der Waals surface area contributed by atoms with Gasteiger partial charge in [-0.2, -0.15) is 5.10 Å². The zero-order valence-corrected chi connectivity index (χ0v) is 12.0. The summed E-state index contributed by atoms with van der Waals surface area (Å²) in [6.07, 6.45) is -2.67. The van der Waals surface area contributed by atoms with Gasteiger partial charge >= 0.3 is 0 Å². The van der Waals surface area contributed by atoms with Gasteiger partial charge in [0.15, 0.2) is 0 Å². The third-order valence-corrected chi connectivity index (χ3v) is 2.82. The molecule has 0 amide bonds. The van der Waals surface area contributed by atoms with E-state index in [1.165, 1.54) is 43.1 Å². The molecule has 0 bridgehead atoms. The van der Waals surface area contributed by atoms with E-state index in [9.17, 15) is 13.2 Å². The molecule has 118 valence electrons. The van der Waals surface area contributed by atoms with Gasteiger partial charge < -0.3 is 9.57 Å². The van der Waals surface area contributed by atoms with Crippen LogP contribution in [0.4, 0.5) is 13.2 Å². The van der Waals surface area contributed by atoms with Gasteiger partial charge in [-0.1, -0.05) is 5.16 Å². The quantitative estimate of drug-likeness (QED) is 0.608. The van der Waals surface area contributed by atoms with E-state index in [2.05, 4.69) is 10.3 Å². The first kappa shape index (κ1) is 15.9. The third kappa shape index (κ3) is 3.78. The first-order valence-corrected chi connectivity index (χ1v) is 6.32. The maximum Gasteiger partial charge on any atom is 0.282 e. The monoisotopic (exact) mass is 313 g/mol. The van der Waals surface area contributed by atoms with Crippen LogP contribution < -0.4 is 4.74 Å². The topological polar surface area (TPSA) is 48.6 Å². The van der Waals surface area contributed by atoms with E-state index >= 15 is 0 Å². The number of aromatic nitrogens is 2. The number of benzene rings is 1. The highest BCUT2D eigenvalue weighted by Crippen LogP contribution is 2.22. The molecule has 0 unspecified atom stereocenters. The summed E-state index contributed by atoms with van der Waals surface area (Å²) < 4.78 is 44.7. The van der Waals surface area contributed by atoms with E-state index in [-0.39, 0.29) is 24.0 Å². The minimum atomic E-state index is -2.67. The lowest BCUT2D eigenvalue weighted by Gasteiger charge is -2.08. The van der Waals surface area contributed by atoms with E-state index in [0.29, 0.717) is 11.3 Å². The van der Waals surface area contributed by atoms with Gasteiger partial charge in [0, 0.05) is 18.7 Å². The Morgan fingerprint density at radius 2 is 2.00 bits per heavy atom. The van der Waals surface area contributed by atoms with Crippen LogP contribution in [0.15, 0.2) is 35.5 Å². The van der Waals surface area contributed by atoms with Crippen molar-refractivity contribution < 1.29 is 22.7 Å². The predicted octanol–water partition coefficient (Wildman–Crippen LogP) is 2.93. The average molecular weight is 313 g/mol. The van der Waals surface area contributed by atoms with Crippen LogP contribution in [0.3, 0.4) is 0 Å². The van der Waals surface area contributed by atoms with Crippen molar-refractivity contribution in [1.29, 1.82) is 0 Å². The third-order valence-electron chi connectivity index (χ3n) is 2.82. The van der Waals surface area contributed by atoms with Gasteiger partial charge in [-0.05, 0) is 24.3 Å². The second-order valence-corrected chi connectivity index (χ2v) is 4.35. The van der Waals surface area contributed by atoms with E-state index < -0.39 is 6.43 Å². The standard InChI is InChI=1S/C14H14F3N3O2/c1-20-13(7-11(18-20)14(16)17)22-8-12(19-21-2)9-3-5-10(15)6-4-9/h3-7,14H,8H2,1-2H3. The van der Waals surface area contributed by atoms with Crippen molar-refractivity contribution in [3.8, 4) is 5.88 Å². The minimum absolute atomic E-state index is 0.0400. The normalized spacial score (nSPS) is 11.8. The molecule has 0 saturated carbocycles. The Morgan fingerprint density at radius 3 is 2.55 bits per heavy atom. The van der Waals surface area contributed by atoms with Gasteiger partial charge in [0.25, 0.3) is 6.43 Å². The predicted molar refractivity (Wildman–Crippen MR) is 73.6 cm³/mol. The summed E-state index contributed by atoms with van der Waals surface area (Å²) in [6, 6.07) is 6.74. The lowest BCUT2D eigenvalue weighted by Crippen LogP contribution is -2.15. The van der Waals surface area contributed by atoms with Crippen molar-refractivity contribution in [1.82, 2.24) is 9.78 Å². The molecule has 1 heterocycles. The van der Waals surface area contributed by atoms with E-state index in [1.54, 1.807) is 0 Å². The first-order valence-electron chi connectivity index (χ1n) is 6.32. The summed E-state index contributed by atoms with van der Waals surface area (Å²) in [5.41, 5.74) is 0.617. The number of hydrogen-bond donors (Lipinski definition) is 0. The van der Waals surface area contributed by atoms with Gasteiger partial charge in [-0.25, -0.2) is 17.9 Å². The SMILES string of the molecule is CON=C(COc1cc(C(F)F)nn1C)c1ccc(F)cc1. The Labute approximate surface area is 124 Å². The fourth-order valence-corrected chi connectivity index (χ4v) is 1.77. The maximum absolute atomic E-state index is 12.9. The van der Waals surface area contributed by atoms with Crippen molar-refractivity contribution in [3.63, 3.8) is 0 Å². The summed E-state index contributed by atoms with van der Waals surface area (Å²) in [4.78, 5) is 4.72. The summed E-state index contributed by atoms with van der Waals surface area (Å²) in [5.74, 6) is -0.212. The largest absolute Gasteiger partial charge is 0.471 e. The van der Waals surface area contributed by atoms with Gasteiger partial charge in [0.1, 0.15) is 30.9 Å². The molecule has 1 aromatic carbocycles. The molecule has 0 atom stereocenters. The molecule has 0 aliphatic heterocycles. The first-order chi connectivity index (χ1) is 10.5. The molecule has 22 heavy (non-hydrogen) atoms. The van der Waals surface area contributed by atoms with Crippen LogP contribution >= 0.6 is 0 Å². The van der Waals surface area contributed by atoms with E-state index in [0.717, 1.165) is 6.07 Å². The number of ether oxygens (including phenoxy) is 1. The van der Waals surface area contributed by atoms with Crippen LogP contribution in [0.2, 0.25) is 0 Å².